The Kier molecular flexibility index (Phi) is 4.01. The molecule has 2 heterocycles. The summed E-state index contributed by atoms with van der Waals surface area (Å²) in [5.41, 5.74) is 0.635. The monoisotopic (exact) mass is 240 g/mol. The molecular weight excluding hydrogens is 224 g/mol. The van der Waals surface area contributed by atoms with E-state index < -0.39 is 0 Å². The maximum atomic E-state index is 11.5. The van der Waals surface area contributed by atoms with Crippen LogP contribution in [0, 0.1) is 0 Å². The van der Waals surface area contributed by atoms with Crippen molar-refractivity contribution in [2.75, 3.05) is 12.9 Å². The van der Waals surface area contributed by atoms with Gasteiger partial charge in [0.2, 0.25) is 0 Å². The number of aromatic amines is 1. The molecule has 0 aliphatic carbocycles. The van der Waals surface area contributed by atoms with Gasteiger partial charge in [0.1, 0.15) is 5.82 Å². The summed E-state index contributed by atoms with van der Waals surface area (Å²) in [6.45, 7) is 0.397. The number of rotatable bonds is 3. The molecule has 16 heavy (non-hydrogen) atoms. The molecule has 1 aromatic heterocycles. The van der Waals surface area contributed by atoms with Gasteiger partial charge in [0.15, 0.2) is 0 Å². The number of hydrogen-bond donors (Lipinski definition) is 1. The largest absolute Gasteiger partial charge is 0.378 e. The molecule has 1 unspecified atom stereocenters. The van der Waals surface area contributed by atoms with E-state index in [1.165, 1.54) is 18.9 Å². The fourth-order valence-electron chi connectivity index (χ4n) is 1.86. The van der Waals surface area contributed by atoms with Crippen LogP contribution >= 0.6 is 11.8 Å². The lowest BCUT2D eigenvalue weighted by Gasteiger charge is -2.20. The van der Waals surface area contributed by atoms with E-state index in [0.29, 0.717) is 17.6 Å². The Hall–Kier alpha value is -0.810. The van der Waals surface area contributed by atoms with Gasteiger partial charge in [0.25, 0.3) is 5.56 Å². The molecule has 1 aliphatic rings. The number of nitrogens with one attached hydrogen (secondary N) is 1. The molecule has 1 fully saturated rings. The molecule has 0 spiro atoms. The number of H-pyrrole nitrogens is 1. The number of aromatic nitrogens is 2. The highest BCUT2D eigenvalue weighted by atomic mass is 32.2. The van der Waals surface area contributed by atoms with Crippen LogP contribution in [-0.2, 0) is 11.3 Å². The molecule has 0 saturated carbocycles. The standard InChI is InChI=1S/C11H16N2O2S/c1-15-7-8-6-10(14)13-11(12-8)9-4-2-3-5-16-9/h6,9H,2-5,7H2,1H3,(H,12,13,14). The predicted octanol–water partition coefficient (Wildman–Crippen LogP) is 1.87. The van der Waals surface area contributed by atoms with Crippen LogP contribution in [0.4, 0.5) is 0 Å². The third kappa shape index (κ3) is 2.86. The maximum Gasteiger partial charge on any atom is 0.251 e. The molecule has 88 valence electrons. The highest BCUT2D eigenvalue weighted by Gasteiger charge is 2.18. The summed E-state index contributed by atoms with van der Waals surface area (Å²) in [6.07, 6.45) is 3.59. The van der Waals surface area contributed by atoms with E-state index in [1.54, 1.807) is 7.11 Å². The molecule has 1 aliphatic heterocycles. The van der Waals surface area contributed by atoms with Crippen molar-refractivity contribution in [3.05, 3.63) is 27.9 Å². The number of thioether (sulfide) groups is 1. The molecule has 1 aromatic rings. The van der Waals surface area contributed by atoms with Crippen molar-refractivity contribution >= 4 is 11.8 Å². The zero-order valence-corrected chi connectivity index (χ0v) is 10.2. The van der Waals surface area contributed by atoms with Crippen molar-refractivity contribution in [3.63, 3.8) is 0 Å². The summed E-state index contributed by atoms with van der Waals surface area (Å²) in [5.74, 6) is 1.97. The minimum Gasteiger partial charge on any atom is -0.378 e. The van der Waals surface area contributed by atoms with Gasteiger partial charge in [0, 0.05) is 13.2 Å². The first-order valence-corrected chi connectivity index (χ1v) is 6.55. The Morgan fingerprint density at radius 2 is 2.50 bits per heavy atom. The van der Waals surface area contributed by atoms with Crippen LogP contribution in [0.1, 0.15) is 36.0 Å². The average molecular weight is 240 g/mol. The second-order valence-corrected chi connectivity index (χ2v) is 5.22. The van der Waals surface area contributed by atoms with Gasteiger partial charge in [0.05, 0.1) is 17.6 Å². The average Bonchev–Trinajstić information content (AvgIpc) is 2.30. The van der Waals surface area contributed by atoms with Crippen LogP contribution in [0.15, 0.2) is 10.9 Å². The summed E-state index contributed by atoms with van der Waals surface area (Å²) < 4.78 is 5.00. The Labute approximate surface area is 98.8 Å². The molecule has 1 saturated heterocycles. The Morgan fingerprint density at radius 3 is 3.19 bits per heavy atom. The van der Waals surface area contributed by atoms with Gasteiger partial charge in [-0.25, -0.2) is 4.98 Å². The SMILES string of the molecule is COCc1cc(=O)[nH]c(C2CCCCS2)n1. The molecule has 1 N–H and O–H groups in total. The highest BCUT2D eigenvalue weighted by molar-refractivity contribution is 7.99. The fourth-order valence-corrected chi connectivity index (χ4v) is 3.12. The normalized spacial score (nSPS) is 20.9. The van der Waals surface area contributed by atoms with E-state index in [-0.39, 0.29) is 5.56 Å². The van der Waals surface area contributed by atoms with E-state index in [0.717, 1.165) is 18.0 Å². The van der Waals surface area contributed by atoms with Crippen molar-refractivity contribution in [1.29, 1.82) is 0 Å². The van der Waals surface area contributed by atoms with E-state index in [4.69, 9.17) is 4.74 Å². The number of ether oxygens (including phenoxy) is 1. The molecule has 2 rings (SSSR count). The smallest absolute Gasteiger partial charge is 0.251 e. The molecule has 0 aromatic carbocycles. The number of hydrogen-bond acceptors (Lipinski definition) is 4. The van der Waals surface area contributed by atoms with Crippen LogP contribution in [0.25, 0.3) is 0 Å². The van der Waals surface area contributed by atoms with Crippen LogP contribution < -0.4 is 5.56 Å². The summed E-state index contributed by atoms with van der Waals surface area (Å²) in [7, 11) is 1.61. The summed E-state index contributed by atoms with van der Waals surface area (Å²) >= 11 is 1.88. The van der Waals surface area contributed by atoms with Crippen LogP contribution in [0.5, 0.6) is 0 Å². The van der Waals surface area contributed by atoms with Crippen LogP contribution in [0.3, 0.4) is 0 Å². The maximum absolute atomic E-state index is 11.5. The molecule has 4 nitrogen and oxygen atoms in total. The lowest BCUT2D eigenvalue weighted by molar-refractivity contribution is 0.181. The molecular formula is C11H16N2O2S. The van der Waals surface area contributed by atoms with Gasteiger partial charge < -0.3 is 9.72 Å². The van der Waals surface area contributed by atoms with Crippen molar-refractivity contribution in [2.45, 2.75) is 31.1 Å². The summed E-state index contributed by atoms with van der Waals surface area (Å²) in [4.78, 5) is 18.7. The second kappa shape index (κ2) is 5.50. The zero-order chi connectivity index (χ0) is 11.4. The third-order valence-corrected chi connectivity index (χ3v) is 3.98. The van der Waals surface area contributed by atoms with Gasteiger partial charge in [-0.15, -0.1) is 0 Å². The van der Waals surface area contributed by atoms with Crippen molar-refractivity contribution in [2.24, 2.45) is 0 Å². The minimum atomic E-state index is -0.0803. The number of nitrogens with zero attached hydrogens (tertiary/aromatic N) is 1. The molecule has 5 heteroatoms. The minimum absolute atomic E-state index is 0.0803. The van der Waals surface area contributed by atoms with E-state index in [1.807, 2.05) is 11.8 Å². The first-order valence-electron chi connectivity index (χ1n) is 5.50. The van der Waals surface area contributed by atoms with Crippen LogP contribution in [-0.4, -0.2) is 22.8 Å². The molecule has 0 bridgehead atoms. The third-order valence-electron chi connectivity index (χ3n) is 2.59. The lowest BCUT2D eigenvalue weighted by atomic mass is 10.2. The lowest BCUT2D eigenvalue weighted by Crippen LogP contribution is -2.16. The Morgan fingerprint density at radius 1 is 1.62 bits per heavy atom. The first-order chi connectivity index (χ1) is 7.79. The van der Waals surface area contributed by atoms with Crippen molar-refractivity contribution < 1.29 is 4.74 Å². The van der Waals surface area contributed by atoms with Gasteiger partial charge in [-0.05, 0) is 18.6 Å². The van der Waals surface area contributed by atoms with Crippen molar-refractivity contribution in [3.8, 4) is 0 Å². The van der Waals surface area contributed by atoms with Gasteiger partial charge >= 0.3 is 0 Å². The second-order valence-electron chi connectivity index (χ2n) is 3.91. The van der Waals surface area contributed by atoms with Gasteiger partial charge in [-0.3, -0.25) is 4.79 Å². The molecule has 0 radical (unpaired) electrons. The first kappa shape index (κ1) is 11.7. The van der Waals surface area contributed by atoms with Gasteiger partial charge in [-0.1, -0.05) is 6.42 Å². The summed E-state index contributed by atoms with van der Waals surface area (Å²) in [6, 6.07) is 1.50. The van der Waals surface area contributed by atoms with E-state index in [9.17, 15) is 4.79 Å². The van der Waals surface area contributed by atoms with E-state index >= 15 is 0 Å². The topological polar surface area (TPSA) is 55.0 Å². The predicted molar refractivity (Wildman–Crippen MR) is 64.6 cm³/mol. The quantitative estimate of drug-likeness (QED) is 0.876. The van der Waals surface area contributed by atoms with Gasteiger partial charge in [-0.2, -0.15) is 11.8 Å². The molecule has 0 amide bonds. The van der Waals surface area contributed by atoms with E-state index in [2.05, 4.69) is 9.97 Å². The highest BCUT2D eigenvalue weighted by Crippen LogP contribution is 2.36. The summed E-state index contributed by atoms with van der Waals surface area (Å²) in [5, 5.41) is 0.346. The number of methoxy groups -OCH3 is 1. The Balaban J connectivity index is 2.21. The van der Waals surface area contributed by atoms with Crippen molar-refractivity contribution in [1.82, 2.24) is 9.97 Å². The zero-order valence-electron chi connectivity index (χ0n) is 9.36. The Bertz CT molecular complexity index is 399. The fraction of sp³-hybridized carbons (Fsp3) is 0.636. The van der Waals surface area contributed by atoms with Crippen LogP contribution in [0.2, 0.25) is 0 Å². The molecule has 1 atom stereocenters.